The van der Waals surface area contributed by atoms with Gasteiger partial charge in [0.15, 0.2) is 11.3 Å². The molecule has 1 aromatic heterocycles. The van der Waals surface area contributed by atoms with Crippen LogP contribution < -0.4 is 11.2 Å². The lowest BCUT2D eigenvalue weighted by Gasteiger charge is -2.10. The monoisotopic (exact) mass is 339 g/mol. The maximum atomic E-state index is 14.1. The van der Waals surface area contributed by atoms with Gasteiger partial charge in [-0.05, 0) is 19.1 Å². The summed E-state index contributed by atoms with van der Waals surface area (Å²) in [5.41, 5.74) is -0.728. The number of benzene rings is 1. The largest absolute Gasteiger partial charge is 0.343 e. The summed E-state index contributed by atoms with van der Waals surface area (Å²) in [6, 6.07) is 5.77. The number of carbonyl (C=O) groups is 1. The molecule has 1 amide bonds. The summed E-state index contributed by atoms with van der Waals surface area (Å²) < 4.78 is 40.0. The van der Waals surface area contributed by atoms with Crippen LogP contribution in [-0.2, 0) is 21.9 Å². The highest BCUT2D eigenvalue weighted by Gasteiger charge is 2.21. The maximum absolute atomic E-state index is 14.1. The standard InChI is InChI=1S/C14H14FN3O4S/c1-9-4-6-11(7-5-9)23(21,22)18-8-12(15)13(16-10(2)19)17(3)14(18)20/h4-8H,1-3H3. The van der Waals surface area contributed by atoms with E-state index in [-0.39, 0.29) is 8.87 Å². The second kappa shape index (κ2) is 5.92. The summed E-state index contributed by atoms with van der Waals surface area (Å²) in [6.07, 6.45) is 0.513. The van der Waals surface area contributed by atoms with Crippen LogP contribution in [0.5, 0.6) is 0 Å². The van der Waals surface area contributed by atoms with Crippen LogP contribution in [0.1, 0.15) is 12.5 Å². The average molecular weight is 339 g/mol. The zero-order chi connectivity index (χ0) is 17.4. The highest BCUT2D eigenvalue weighted by molar-refractivity contribution is 7.90. The topological polar surface area (TPSA) is 90.5 Å². The number of rotatable bonds is 2. The van der Waals surface area contributed by atoms with Gasteiger partial charge in [0.2, 0.25) is 5.91 Å². The number of hydrogen-bond acceptors (Lipinski definition) is 4. The van der Waals surface area contributed by atoms with Crippen molar-refractivity contribution in [1.29, 1.82) is 0 Å². The van der Waals surface area contributed by atoms with Crippen molar-refractivity contribution >= 4 is 15.9 Å². The number of halogens is 1. The van der Waals surface area contributed by atoms with E-state index in [2.05, 4.69) is 4.99 Å². The highest BCUT2D eigenvalue weighted by atomic mass is 32.2. The molecular weight excluding hydrogens is 325 g/mol. The Kier molecular flexibility index (Phi) is 4.33. The molecule has 0 spiro atoms. The van der Waals surface area contributed by atoms with E-state index in [0.29, 0.717) is 10.8 Å². The van der Waals surface area contributed by atoms with Crippen LogP contribution in [0.4, 0.5) is 4.39 Å². The van der Waals surface area contributed by atoms with Gasteiger partial charge in [-0.2, -0.15) is 8.96 Å². The third-order valence-corrected chi connectivity index (χ3v) is 4.73. The number of nitrogens with zero attached hydrogens (tertiary/aromatic N) is 3. The molecule has 0 fully saturated rings. The van der Waals surface area contributed by atoms with E-state index in [1.165, 1.54) is 12.1 Å². The molecule has 0 unspecified atom stereocenters. The summed E-state index contributed by atoms with van der Waals surface area (Å²) in [4.78, 5) is 26.4. The normalized spacial score (nSPS) is 12.4. The van der Waals surface area contributed by atoms with Gasteiger partial charge in [-0.15, -0.1) is 0 Å². The molecule has 0 aliphatic heterocycles. The van der Waals surface area contributed by atoms with Crippen molar-refractivity contribution in [1.82, 2.24) is 8.54 Å². The number of aryl methyl sites for hydroxylation is 1. The van der Waals surface area contributed by atoms with Gasteiger partial charge in [0.1, 0.15) is 0 Å². The average Bonchev–Trinajstić information content (AvgIpc) is 2.47. The van der Waals surface area contributed by atoms with Gasteiger partial charge in [0.25, 0.3) is 10.0 Å². The molecule has 0 radical (unpaired) electrons. The molecule has 0 atom stereocenters. The second-order valence-electron chi connectivity index (χ2n) is 4.89. The maximum Gasteiger partial charge on any atom is 0.343 e. The summed E-state index contributed by atoms with van der Waals surface area (Å²) in [6.45, 7) is 2.87. The first kappa shape index (κ1) is 16.8. The molecule has 0 bridgehead atoms. The molecule has 2 rings (SSSR count). The summed E-state index contributed by atoms with van der Waals surface area (Å²) in [5.74, 6) is -1.81. The van der Waals surface area contributed by atoms with E-state index in [9.17, 15) is 22.4 Å². The van der Waals surface area contributed by atoms with Gasteiger partial charge < -0.3 is 0 Å². The molecule has 0 aliphatic rings. The van der Waals surface area contributed by atoms with E-state index >= 15 is 0 Å². The molecule has 0 saturated heterocycles. The Balaban J connectivity index is 2.78. The first-order valence-corrected chi connectivity index (χ1v) is 7.94. The molecule has 0 N–H and O–H groups in total. The molecule has 2 aromatic rings. The lowest BCUT2D eigenvalue weighted by Crippen LogP contribution is -2.42. The van der Waals surface area contributed by atoms with Gasteiger partial charge in [-0.3, -0.25) is 9.36 Å². The fourth-order valence-corrected chi connectivity index (χ4v) is 3.15. The quantitative estimate of drug-likeness (QED) is 0.788. The SMILES string of the molecule is CC(=O)N=c1c(F)cn(S(=O)(=O)c2ccc(C)cc2)c(=O)n1C. The van der Waals surface area contributed by atoms with Crippen molar-refractivity contribution in [2.75, 3.05) is 0 Å². The zero-order valence-corrected chi connectivity index (χ0v) is 13.5. The number of carbonyl (C=O) groups excluding carboxylic acids is 1. The van der Waals surface area contributed by atoms with Crippen molar-refractivity contribution in [3.05, 3.63) is 57.8 Å². The molecule has 0 aliphatic carbocycles. The van der Waals surface area contributed by atoms with E-state index in [1.54, 1.807) is 19.1 Å². The fourth-order valence-electron chi connectivity index (χ4n) is 1.89. The van der Waals surface area contributed by atoms with Crippen LogP contribution in [0.2, 0.25) is 0 Å². The Labute approximate surface area is 131 Å². The minimum atomic E-state index is -4.26. The molecule has 7 nitrogen and oxygen atoms in total. The van der Waals surface area contributed by atoms with Crippen molar-refractivity contribution in [2.45, 2.75) is 18.7 Å². The van der Waals surface area contributed by atoms with E-state index in [0.717, 1.165) is 19.5 Å². The predicted molar refractivity (Wildman–Crippen MR) is 79.6 cm³/mol. The molecule has 1 heterocycles. The Hall–Kier alpha value is -2.55. The fraction of sp³-hybridized carbons (Fsp3) is 0.214. The highest BCUT2D eigenvalue weighted by Crippen LogP contribution is 2.12. The Morgan fingerprint density at radius 1 is 1.22 bits per heavy atom. The Morgan fingerprint density at radius 2 is 1.78 bits per heavy atom. The summed E-state index contributed by atoms with van der Waals surface area (Å²) in [5, 5.41) is 0. The van der Waals surface area contributed by atoms with Crippen LogP contribution >= 0.6 is 0 Å². The Morgan fingerprint density at radius 3 is 2.30 bits per heavy atom. The molecule has 0 saturated carbocycles. The number of amides is 1. The first-order valence-electron chi connectivity index (χ1n) is 6.50. The lowest BCUT2D eigenvalue weighted by atomic mass is 10.2. The van der Waals surface area contributed by atoms with Crippen molar-refractivity contribution in [3.8, 4) is 0 Å². The molecule has 122 valence electrons. The minimum Gasteiger partial charge on any atom is -0.278 e. The third-order valence-electron chi connectivity index (χ3n) is 3.08. The van der Waals surface area contributed by atoms with Crippen LogP contribution in [-0.4, -0.2) is 22.9 Å². The van der Waals surface area contributed by atoms with E-state index in [1.807, 2.05) is 0 Å². The summed E-state index contributed by atoms with van der Waals surface area (Å²) in [7, 11) is -3.13. The Bertz CT molecular complexity index is 1000. The molecule has 1 aromatic carbocycles. The van der Waals surface area contributed by atoms with Crippen LogP contribution in [0.3, 0.4) is 0 Å². The third kappa shape index (κ3) is 3.14. The zero-order valence-electron chi connectivity index (χ0n) is 12.6. The van der Waals surface area contributed by atoms with Crippen molar-refractivity contribution < 1.29 is 17.6 Å². The number of hydrogen-bond donors (Lipinski definition) is 0. The molecule has 23 heavy (non-hydrogen) atoms. The van der Waals surface area contributed by atoms with Crippen molar-refractivity contribution in [2.24, 2.45) is 12.0 Å². The van der Waals surface area contributed by atoms with Gasteiger partial charge >= 0.3 is 5.69 Å². The lowest BCUT2D eigenvalue weighted by molar-refractivity contribution is -0.116. The minimum absolute atomic E-state index is 0.152. The molecular formula is C14H14FN3O4S. The first-order chi connectivity index (χ1) is 10.6. The van der Waals surface area contributed by atoms with Crippen LogP contribution in [0, 0.1) is 12.7 Å². The predicted octanol–water partition coefficient (Wildman–Crippen LogP) is 0.319. The van der Waals surface area contributed by atoms with E-state index < -0.39 is 32.9 Å². The van der Waals surface area contributed by atoms with Crippen molar-refractivity contribution in [3.63, 3.8) is 0 Å². The van der Waals surface area contributed by atoms with Gasteiger partial charge in [-0.1, -0.05) is 17.7 Å². The van der Waals surface area contributed by atoms with E-state index in [4.69, 9.17) is 0 Å². The second-order valence-corrected chi connectivity index (χ2v) is 6.70. The van der Waals surface area contributed by atoms with Crippen LogP contribution in [0.15, 0.2) is 45.1 Å². The van der Waals surface area contributed by atoms with Crippen LogP contribution in [0.25, 0.3) is 0 Å². The number of aromatic nitrogens is 2. The summed E-state index contributed by atoms with van der Waals surface area (Å²) >= 11 is 0. The molecule has 9 heteroatoms. The van der Waals surface area contributed by atoms with Gasteiger partial charge in [-0.25, -0.2) is 17.6 Å². The van der Waals surface area contributed by atoms with Gasteiger partial charge in [0, 0.05) is 14.0 Å². The smallest absolute Gasteiger partial charge is 0.278 e. The van der Waals surface area contributed by atoms with Gasteiger partial charge in [0.05, 0.1) is 11.1 Å².